The van der Waals surface area contributed by atoms with Gasteiger partial charge in [0.25, 0.3) is 0 Å². The van der Waals surface area contributed by atoms with Gasteiger partial charge in [-0.3, -0.25) is 0 Å². The zero-order chi connectivity index (χ0) is 12.3. The Morgan fingerprint density at radius 1 is 1.12 bits per heavy atom. The summed E-state index contributed by atoms with van der Waals surface area (Å²) >= 11 is 0. The van der Waals surface area contributed by atoms with Crippen LogP contribution >= 0.6 is 0 Å². The van der Waals surface area contributed by atoms with Gasteiger partial charge in [0.2, 0.25) is 0 Å². The lowest BCUT2D eigenvalue weighted by molar-refractivity contribution is -0.00348. The monoisotopic (exact) mass is 240 g/mol. The standard InChI is InChI=1S/C8H14O2.C7H14/c1-8-3-2-6(9)7(4-8)10-5-8;1-7-5-3-2-4-6-7/h6-7,9H,2-5H2,1H3;7H,2-6H2,1H3. The molecule has 3 rings (SSSR count). The van der Waals surface area contributed by atoms with Gasteiger partial charge in [-0.2, -0.15) is 0 Å². The van der Waals surface area contributed by atoms with E-state index < -0.39 is 0 Å². The first-order chi connectivity index (χ1) is 8.09. The van der Waals surface area contributed by atoms with Crippen LogP contribution in [0.3, 0.4) is 0 Å². The average Bonchev–Trinajstić information content (AvgIpc) is 2.65. The average molecular weight is 240 g/mol. The Hall–Kier alpha value is -0.0800. The van der Waals surface area contributed by atoms with Gasteiger partial charge in [0.15, 0.2) is 0 Å². The van der Waals surface area contributed by atoms with Crippen molar-refractivity contribution < 1.29 is 9.84 Å². The zero-order valence-corrected chi connectivity index (χ0v) is 11.5. The van der Waals surface area contributed by atoms with Crippen LogP contribution in [0.5, 0.6) is 0 Å². The fourth-order valence-electron chi connectivity index (χ4n) is 3.32. The second kappa shape index (κ2) is 5.71. The maximum atomic E-state index is 9.39. The fourth-order valence-corrected chi connectivity index (χ4v) is 3.32. The molecule has 3 fully saturated rings. The molecular weight excluding hydrogens is 212 g/mol. The number of fused-ring (bicyclic) bond motifs is 2. The van der Waals surface area contributed by atoms with Crippen molar-refractivity contribution in [2.75, 3.05) is 6.61 Å². The first kappa shape index (κ1) is 13.4. The van der Waals surface area contributed by atoms with E-state index in [0.29, 0.717) is 5.41 Å². The summed E-state index contributed by atoms with van der Waals surface area (Å²) in [6.45, 7) is 5.47. The maximum Gasteiger partial charge on any atom is 0.0840 e. The number of ether oxygens (including phenoxy) is 1. The summed E-state index contributed by atoms with van der Waals surface area (Å²) in [6, 6.07) is 0. The molecule has 2 aliphatic carbocycles. The van der Waals surface area contributed by atoms with Crippen molar-refractivity contribution in [1.29, 1.82) is 0 Å². The number of aliphatic hydroxyl groups is 1. The van der Waals surface area contributed by atoms with Crippen LogP contribution in [0, 0.1) is 11.3 Å². The third-order valence-electron chi connectivity index (χ3n) is 4.71. The molecule has 1 heterocycles. The van der Waals surface area contributed by atoms with Crippen molar-refractivity contribution in [3.8, 4) is 0 Å². The molecule has 0 aromatic rings. The van der Waals surface area contributed by atoms with E-state index in [1.165, 1.54) is 32.1 Å². The van der Waals surface area contributed by atoms with Crippen molar-refractivity contribution >= 4 is 0 Å². The fraction of sp³-hybridized carbons (Fsp3) is 1.00. The van der Waals surface area contributed by atoms with Crippen LogP contribution in [0.15, 0.2) is 0 Å². The van der Waals surface area contributed by atoms with E-state index in [1.807, 2.05) is 0 Å². The summed E-state index contributed by atoms with van der Waals surface area (Å²) < 4.78 is 5.44. The van der Waals surface area contributed by atoms with Gasteiger partial charge in [-0.1, -0.05) is 46.0 Å². The van der Waals surface area contributed by atoms with E-state index in [9.17, 15) is 5.11 Å². The SMILES string of the molecule is CC12CCC(O)C(C1)OC2.CC1CCCCC1. The van der Waals surface area contributed by atoms with Gasteiger partial charge in [0.1, 0.15) is 0 Å². The van der Waals surface area contributed by atoms with Crippen LogP contribution in [0.1, 0.15) is 65.2 Å². The summed E-state index contributed by atoms with van der Waals surface area (Å²) in [6.07, 6.45) is 10.5. The highest BCUT2D eigenvalue weighted by Crippen LogP contribution is 2.43. The quantitative estimate of drug-likeness (QED) is 0.702. The van der Waals surface area contributed by atoms with Crippen LogP contribution in [-0.4, -0.2) is 23.9 Å². The molecule has 3 unspecified atom stereocenters. The normalized spacial score (nSPS) is 41.8. The first-order valence-corrected chi connectivity index (χ1v) is 7.39. The second-order valence-corrected chi connectivity index (χ2v) is 6.71. The van der Waals surface area contributed by atoms with Crippen molar-refractivity contribution in [2.24, 2.45) is 11.3 Å². The molecule has 100 valence electrons. The van der Waals surface area contributed by atoms with Crippen LogP contribution in [-0.2, 0) is 4.74 Å². The molecule has 2 bridgehead atoms. The molecule has 0 amide bonds. The Morgan fingerprint density at radius 2 is 1.82 bits per heavy atom. The summed E-state index contributed by atoms with van der Waals surface area (Å²) in [5.41, 5.74) is 0.393. The van der Waals surface area contributed by atoms with Crippen LogP contribution in [0.2, 0.25) is 0 Å². The largest absolute Gasteiger partial charge is 0.390 e. The van der Waals surface area contributed by atoms with Gasteiger partial charge in [0, 0.05) is 0 Å². The molecule has 1 N–H and O–H groups in total. The first-order valence-electron chi connectivity index (χ1n) is 7.39. The third-order valence-corrected chi connectivity index (χ3v) is 4.71. The van der Waals surface area contributed by atoms with E-state index in [4.69, 9.17) is 4.74 Å². The summed E-state index contributed by atoms with van der Waals surface area (Å²) in [5, 5.41) is 9.39. The van der Waals surface area contributed by atoms with Gasteiger partial charge < -0.3 is 9.84 Å². The molecule has 0 spiro atoms. The molecular formula is C15H28O2. The van der Waals surface area contributed by atoms with E-state index in [2.05, 4.69) is 13.8 Å². The molecule has 2 saturated carbocycles. The van der Waals surface area contributed by atoms with Gasteiger partial charge in [-0.25, -0.2) is 0 Å². The van der Waals surface area contributed by atoms with E-state index in [1.54, 1.807) is 0 Å². The molecule has 2 heteroatoms. The highest BCUT2D eigenvalue weighted by atomic mass is 16.5. The Kier molecular flexibility index (Phi) is 4.48. The van der Waals surface area contributed by atoms with Gasteiger partial charge in [-0.15, -0.1) is 0 Å². The Morgan fingerprint density at radius 3 is 2.35 bits per heavy atom. The third kappa shape index (κ3) is 3.69. The zero-order valence-electron chi connectivity index (χ0n) is 11.5. The molecule has 0 aromatic carbocycles. The smallest absolute Gasteiger partial charge is 0.0840 e. The Labute approximate surface area is 106 Å². The van der Waals surface area contributed by atoms with Crippen LogP contribution < -0.4 is 0 Å². The highest BCUT2D eigenvalue weighted by molar-refractivity contribution is 4.93. The summed E-state index contributed by atoms with van der Waals surface area (Å²) in [4.78, 5) is 0. The minimum absolute atomic E-state index is 0.152. The van der Waals surface area contributed by atoms with E-state index in [0.717, 1.165) is 31.8 Å². The highest BCUT2D eigenvalue weighted by Gasteiger charge is 2.43. The van der Waals surface area contributed by atoms with Gasteiger partial charge in [-0.05, 0) is 30.6 Å². The molecule has 1 saturated heterocycles. The van der Waals surface area contributed by atoms with Crippen molar-refractivity contribution in [3.63, 3.8) is 0 Å². The van der Waals surface area contributed by atoms with Crippen molar-refractivity contribution in [3.05, 3.63) is 0 Å². The lowest BCUT2D eigenvalue weighted by atomic mass is 9.76. The number of aliphatic hydroxyl groups excluding tert-OH is 1. The molecule has 3 aliphatic rings. The predicted octanol–water partition coefficient (Wildman–Crippen LogP) is 3.52. The van der Waals surface area contributed by atoms with Crippen LogP contribution in [0.4, 0.5) is 0 Å². The molecule has 0 radical (unpaired) electrons. The minimum atomic E-state index is -0.185. The summed E-state index contributed by atoms with van der Waals surface area (Å²) in [5.74, 6) is 1.04. The lowest BCUT2D eigenvalue weighted by Crippen LogP contribution is -2.32. The van der Waals surface area contributed by atoms with Gasteiger partial charge >= 0.3 is 0 Å². The molecule has 0 aromatic heterocycles. The number of hydrogen-bond donors (Lipinski definition) is 1. The van der Waals surface area contributed by atoms with Crippen LogP contribution in [0.25, 0.3) is 0 Å². The molecule has 17 heavy (non-hydrogen) atoms. The number of rotatable bonds is 0. The Balaban J connectivity index is 0.000000136. The van der Waals surface area contributed by atoms with Crippen molar-refractivity contribution in [2.45, 2.75) is 77.4 Å². The number of hydrogen-bond acceptors (Lipinski definition) is 2. The maximum absolute atomic E-state index is 9.39. The summed E-state index contributed by atoms with van der Waals surface area (Å²) in [7, 11) is 0. The van der Waals surface area contributed by atoms with E-state index >= 15 is 0 Å². The Bertz CT molecular complexity index is 235. The lowest BCUT2D eigenvalue weighted by Gasteiger charge is -2.29. The second-order valence-electron chi connectivity index (χ2n) is 6.71. The predicted molar refractivity (Wildman–Crippen MR) is 70.0 cm³/mol. The molecule has 3 atom stereocenters. The van der Waals surface area contributed by atoms with E-state index in [-0.39, 0.29) is 12.2 Å². The molecule has 2 nitrogen and oxygen atoms in total. The van der Waals surface area contributed by atoms with Gasteiger partial charge in [0.05, 0.1) is 18.8 Å². The molecule has 1 aliphatic heterocycles. The topological polar surface area (TPSA) is 29.5 Å². The van der Waals surface area contributed by atoms with Crippen molar-refractivity contribution in [1.82, 2.24) is 0 Å². The minimum Gasteiger partial charge on any atom is -0.390 e.